The monoisotopic (exact) mass is 328 g/mol. The van der Waals surface area contributed by atoms with E-state index in [2.05, 4.69) is 21.2 Å². The zero-order valence-electron chi connectivity index (χ0n) is 10.5. The number of amides is 2. The van der Waals surface area contributed by atoms with E-state index in [0.717, 1.165) is 6.42 Å². The molecule has 1 aliphatic rings. The Morgan fingerprint density at radius 2 is 2.21 bits per heavy atom. The van der Waals surface area contributed by atoms with Gasteiger partial charge in [0, 0.05) is 5.69 Å². The van der Waals surface area contributed by atoms with Crippen molar-refractivity contribution in [3.8, 4) is 0 Å². The van der Waals surface area contributed by atoms with E-state index >= 15 is 0 Å². The van der Waals surface area contributed by atoms with Gasteiger partial charge in [-0.15, -0.1) is 0 Å². The molecule has 1 aliphatic heterocycles. The summed E-state index contributed by atoms with van der Waals surface area (Å²) in [7, 11) is 0. The van der Waals surface area contributed by atoms with Crippen LogP contribution >= 0.6 is 15.9 Å². The number of nitrogens with zero attached hydrogens (tertiary/aromatic N) is 1. The predicted molar refractivity (Wildman–Crippen MR) is 73.3 cm³/mol. The summed E-state index contributed by atoms with van der Waals surface area (Å²) < 4.78 is 13.8. The van der Waals surface area contributed by atoms with Gasteiger partial charge in [0.2, 0.25) is 11.8 Å². The van der Waals surface area contributed by atoms with Crippen molar-refractivity contribution in [3.63, 3.8) is 0 Å². The smallest absolute Gasteiger partial charge is 0.250 e. The molecule has 0 bridgehead atoms. The molecule has 0 spiro atoms. The van der Waals surface area contributed by atoms with Crippen molar-refractivity contribution in [1.29, 1.82) is 0 Å². The van der Waals surface area contributed by atoms with Crippen molar-refractivity contribution in [3.05, 3.63) is 28.5 Å². The minimum atomic E-state index is -0.516. The van der Waals surface area contributed by atoms with Crippen LogP contribution in [-0.2, 0) is 9.59 Å². The normalized spacial score (nSPS) is 19.5. The third-order valence-corrected chi connectivity index (χ3v) is 3.64. The highest BCUT2D eigenvalue weighted by atomic mass is 79.9. The van der Waals surface area contributed by atoms with Crippen LogP contribution in [0.1, 0.15) is 19.8 Å². The molecule has 1 N–H and O–H groups in total. The largest absolute Gasteiger partial charge is 0.343 e. The molecule has 1 unspecified atom stereocenters. The average Bonchev–Trinajstić information content (AvgIpc) is 2.37. The standard InChI is InChI=1S/C13H14BrFN2O2/c1-2-3-11-13(19)17(7-12(18)16-11)8-4-5-9(14)10(15)6-8/h4-6,11H,2-3,7H2,1H3,(H,16,18). The maximum atomic E-state index is 13.5. The fraction of sp³-hybridized carbons (Fsp3) is 0.385. The molecule has 1 heterocycles. The highest BCUT2D eigenvalue weighted by Crippen LogP contribution is 2.24. The van der Waals surface area contributed by atoms with Crippen LogP contribution in [0.15, 0.2) is 22.7 Å². The number of carbonyl (C=O) groups is 2. The molecule has 1 atom stereocenters. The van der Waals surface area contributed by atoms with Gasteiger partial charge in [-0.2, -0.15) is 0 Å². The Kier molecular flexibility index (Phi) is 4.19. The van der Waals surface area contributed by atoms with Crippen LogP contribution in [0.2, 0.25) is 0 Å². The van der Waals surface area contributed by atoms with Gasteiger partial charge in [-0.05, 0) is 40.5 Å². The van der Waals surface area contributed by atoms with E-state index in [1.807, 2.05) is 6.92 Å². The molecular weight excluding hydrogens is 315 g/mol. The van der Waals surface area contributed by atoms with Gasteiger partial charge in [0.1, 0.15) is 18.4 Å². The average molecular weight is 329 g/mol. The van der Waals surface area contributed by atoms with E-state index in [-0.39, 0.29) is 18.4 Å². The lowest BCUT2D eigenvalue weighted by Gasteiger charge is -2.32. The molecule has 1 fully saturated rings. The lowest BCUT2D eigenvalue weighted by molar-refractivity contribution is -0.131. The first-order chi connectivity index (χ1) is 9.02. The lowest BCUT2D eigenvalue weighted by atomic mass is 10.1. The topological polar surface area (TPSA) is 49.4 Å². The first kappa shape index (κ1) is 14.0. The summed E-state index contributed by atoms with van der Waals surface area (Å²) in [5, 5.41) is 2.66. The van der Waals surface area contributed by atoms with Crippen molar-refractivity contribution in [1.82, 2.24) is 5.32 Å². The summed E-state index contributed by atoms with van der Waals surface area (Å²) in [5.74, 6) is -0.868. The van der Waals surface area contributed by atoms with Gasteiger partial charge in [0.05, 0.1) is 4.47 Å². The number of rotatable bonds is 3. The number of nitrogens with one attached hydrogen (secondary N) is 1. The third-order valence-electron chi connectivity index (χ3n) is 2.99. The molecule has 1 aromatic rings. The van der Waals surface area contributed by atoms with E-state index in [9.17, 15) is 14.0 Å². The van der Waals surface area contributed by atoms with E-state index in [1.54, 1.807) is 6.07 Å². The summed E-state index contributed by atoms with van der Waals surface area (Å²) in [6, 6.07) is 3.88. The number of carbonyl (C=O) groups excluding carboxylic acids is 2. The van der Waals surface area contributed by atoms with Crippen molar-refractivity contribution in [2.45, 2.75) is 25.8 Å². The minimum absolute atomic E-state index is 0.0693. The Labute approximate surface area is 119 Å². The second-order valence-electron chi connectivity index (χ2n) is 4.43. The number of halogens is 2. The van der Waals surface area contributed by atoms with Gasteiger partial charge in [-0.25, -0.2) is 4.39 Å². The van der Waals surface area contributed by atoms with Crippen LogP contribution in [0.5, 0.6) is 0 Å². The Morgan fingerprint density at radius 3 is 2.84 bits per heavy atom. The molecule has 102 valence electrons. The van der Waals surface area contributed by atoms with Crippen LogP contribution in [-0.4, -0.2) is 24.4 Å². The fourth-order valence-electron chi connectivity index (χ4n) is 2.07. The Balaban J connectivity index is 2.28. The molecule has 2 rings (SSSR count). The van der Waals surface area contributed by atoms with Gasteiger partial charge >= 0.3 is 0 Å². The summed E-state index contributed by atoms with van der Waals surface area (Å²) in [6.07, 6.45) is 1.37. The molecule has 0 radical (unpaired) electrons. The van der Waals surface area contributed by atoms with E-state index in [0.29, 0.717) is 16.6 Å². The SMILES string of the molecule is CCCC1NC(=O)CN(c2ccc(Br)c(F)c2)C1=O. The second-order valence-corrected chi connectivity index (χ2v) is 5.29. The summed E-state index contributed by atoms with van der Waals surface area (Å²) in [6.45, 7) is 1.87. The predicted octanol–water partition coefficient (Wildman–Crippen LogP) is 2.22. The zero-order valence-corrected chi connectivity index (χ0v) is 12.0. The van der Waals surface area contributed by atoms with Crippen LogP contribution in [0.25, 0.3) is 0 Å². The van der Waals surface area contributed by atoms with Gasteiger partial charge in [-0.3, -0.25) is 9.59 Å². The zero-order chi connectivity index (χ0) is 14.0. The van der Waals surface area contributed by atoms with Crippen LogP contribution in [0.3, 0.4) is 0 Å². The fourth-order valence-corrected chi connectivity index (χ4v) is 2.31. The molecule has 0 aliphatic carbocycles. The Bertz CT molecular complexity index is 521. The van der Waals surface area contributed by atoms with Crippen LogP contribution in [0, 0.1) is 5.82 Å². The van der Waals surface area contributed by atoms with Gasteiger partial charge in [-0.1, -0.05) is 13.3 Å². The van der Waals surface area contributed by atoms with Crippen molar-refractivity contribution in [2.24, 2.45) is 0 Å². The summed E-state index contributed by atoms with van der Waals surface area (Å²) >= 11 is 3.06. The number of piperazine rings is 1. The molecule has 6 heteroatoms. The van der Waals surface area contributed by atoms with Crippen molar-refractivity contribution < 1.29 is 14.0 Å². The second kappa shape index (κ2) is 5.69. The minimum Gasteiger partial charge on any atom is -0.343 e. The van der Waals surface area contributed by atoms with Gasteiger partial charge < -0.3 is 10.2 Å². The van der Waals surface area contributed by atoms with Gasteiger partial charge in [0.25, 0.3) is 0 Å². The number of anilines is 1. The van der Waals surface area contributed by atoms with E-state index in [4.69, 9.17) is 0 Å². The van der Waals surface area contributed by atoms with Gasteiger partial charge in [0.15, 0.2) is 0 Å². The quantitative estimate of drug-likeness (QED) is 0.924. The molecule has 1 aromatic carbocycles. The van der Waals surface area contributed by atoms with Crippen molar-refractivity contribution >= 4 is 33.4 Å². The third kappa shape index (κ3) is 2.94. The molecule has 1 saturated heterocycles. The highest BCUT2D eigenvalue weighted by Gasteiger charge is 2.32. The molecule has 4 nitrogen and oxygen atoms in total. The lowest BCUT2D eigenvalue weighted by Crippen LogP contribution is -2.58. The summed E-state index contributed by atoms with van der Waals surface area (Å²) in [4.78, 5) is 25.2. The maximum absolute atomic E-state index is 13.5. The molecule has 0 aromatic heterocycles. The summed E-state index contributed by atoms with van der Waals surface area (Å²) in [5.41, 5.74) is 0.404. The number of hydrogen-bond acceptors (Lipinski definition) is 2. The Morgan fingerprint density at radius 1 is 1.47 bits per heavy atom. The van der Waals surface area contributed by atoms with E-state index in [1.165, 1.54) is 17.0 Å². The van der Waals surface area contributed by atoms with E-state index < -0.39 is 11.9 Å². The van der Waals surface area contributed by atoms with Crippen LogP contribution in [0.4, 0.5) is 10.1 Å². The van der Waals surface area contributed by atoms with Crippen LogP contribution < -0.4 is 10.2 Å². The molecule has 0 saturated carbocycles. The highest BCUT2D eigenvalue weighted by molar-refractivity contribution is 9.10. The first-order valence-electron chi connectivity index (χ1n) is 6.08. The maximum Gasteiger partial charge on any atom is 0.250 e. The first-order valence-corrected chi connectivity index (χ1v) is 6.88. The van der Waals surface area contributed by atoms with Crippen molar-refractivity contribution in [2.75, 3.05) is 11.4 Å². The number of benzene rings is 1. The molecule has 2 amide bonds. The number of hydrogen-bond donors (Lipinski definition) is 1. The Hall–Kier alpha value is -1.43. The molecular formula is C13H14BrFN2O2. The molecule has 19 heavy (non-hydrogen) atoms.